The van der Waals surface area contributed by atoms with E-state index in [4.69, 9.17) is 4.74 Å². The zero-order valence-corrected chi connectivity index (χ0v) is 14.0. The van der Waals surface area contributed by atoms with E-state index in [1.165, 1.54) is 5.56 Å². The topological polar surface area (TPSA) is 51.2 Å². The van der Waals surface area contributed by atoms with Crippen LogP contribution in [0.25, 0.3) is 0 Å². The van der Waals surface area contributed by atoms with E-state index >= 15 is 0 Å². The minimum Gasteiger partial charge on any atom is -0.494 e. The lowest BCUT2D eigenvalue weighted by molar-refractivity contribution is -0.116. The number of aromatic nitrogens is 1. The fourth-order valence-corrected chi connectivity index (χ4v) is 2.13. The Morgan fingerprint density at radius 2 is 1.91 bits per heavy atom. The number of rotatable bonds is 6. The predicted octanol–water partition coefficient (Wildman–Crippen LogP) is 4.18. The molecule has 0 aliphatic heterocycles. The molecule has 0 fully saturated rings. The fourth-order valence-electron chi connectivity index (χ4n) is 2.13. The van der Waals surface area contributed by atoms with E-state index < -0.39 is 0 Å². The molecular formula is C19H24N2O2. The van der Waals surface area contributed by atoms with Crippen LogP contribution >= 0.6 is 0 Å². The summed E-state index contributed by atoms with van der Waals surface area (Å²) < 4.78 is 5.68. The second-order valence-electron chi connectivity index (χ2n) is 6.52. The van der Waals surface area contributed by atoms with Gasteiger partial charge in [0.05, 0.1) is 18.5 Å². The molecule has 2 rings (SSSR count). The van der Waals surface area contributed by atoms with Crippen molar-refractivity contribution in [3.05, 3.63) is 54.4 Å². The molecule has 0 saturated carbocycles. The van der Waals surface area contributed by atoms with Gasteiger partial charge < -0.3 is 10.1 Å². The number of carbonyl (C=O) groups excluding carboxylic acids is 1. The van der Waals surface area contributed by atoms with Gasteiger partial charge in [-0.2, -0.15) is 0 Å². The molecule has 4 heteroatoms. The van der Waals surface area contributed by atoms with Gasteiger partial charge in [0.15, 0.2) is 0 Å². The third-order valence-corrected chi connectivity index (χ3v) is 3.48. The number of hydrogen-bond acceptors (Lipinski definition) is 3. The second kappa shape index (κ2) is 7.77. The quantitative estimate of drug-likeness (QED) is 0.814. The van der Waals surface area contributed by atoms with Gasteiger partial charge >= 0.3 is 0 Å². The van der Waals surface area contributed by atoms with Gasteiger partial charge in [-0.1, -0.05) is 32.9 Å². The molecule has 2 aromatic rings. The van der Waals surface area contributed by atoms with Gasteiger partial charge in [-0.3, -0.25) is 9.78 Å². The largest absolute Gasteiger partial charge is 0.494 e. The van der Waals surface area contributed by atoms with Gasteiger partial charge in [-0.05, 0) is 41.7 Å². The molecule has 1 heterocycles. The minimum absolute atomic E-state index is 0.0234. The molecule has 0 unspecified atom stereocenters. The summed E-state index contributed by atoms with van der Waals surface area (Å²) in [6, 6.07) is 11.7. The van der Waals surface area contributed by atoms with Gasteiger partial charge in [0.25, 0.3) is 0 Å². The van der Waals surface area contributed by atoms with Crippen LogP contribution in [0, 0.1) is 0 Å². The molecule has 122 valence electrons. The van der Waals surface area contributed by atoms with E-state index in [0.29, 0.717) is 19.4 Å². The van der Waals surface area contributed by atoms with E-state index in [-0.39, 0.29) is 11.3 Å². The molecule has 0 spiro atoms. The molecular weight excluding hydrogens is 288 g/mol. The maximum atomic E-state index is 11.8. The molecule has 0 bridgehead atoms. The molecule has 23 heavy (non-hydrogen) atoms. The molecule has 1 amide bonds. The van der Waals surface area contributed by atoms with Gasteiger partial charge in [-0.15, -0.1) is 0 Å². The van der Waals surface area contributed by atoms with E-state index in [0.717, 1.165) is 11.4 Å². The highest BCUT2D eigenvalue weighted by molar-refractivity contribution is 5.90. The van der Waals surface area contributed by atoms with Crippen molar-refractivity contribution in [2.45, 2.75) is 39.0 Å². The summed E-state index contributed by atoms with van der Waals surface area (Å²) >= 11 is 0. The summed E-state index contributed by atoms with van der Waals surface area (Å²) in [4.78, 5) is 15.7. The number of ether oxygens (including phenoxy) is 1. The number of amides is 1. The number of anilines is 1. The number of nitrogens with zero attached hydrogens (tertiary/aromatic N) is 1. The Bertz CT molecular complexity index is 616. The van der Waals surface area contributed by atoms with E-state index in [2.05, 4.69) is 43.2 Å². The number of hydrogen-bond donors (Lipinski definition) is 1. The highest BCUT2D eigenvalue weighted by Crippen LogP contribution is 2.24. The summed E-state index contributed by atoms with van der Waals surface area (Å²) in [5, 5.41) is 2.81. The van der Waals surface area contributed by atoms with Crippen LogP contribution in [0.15, 0.2) is 48.8 Å². The number of benzene rings is 1. The zero-order valence-electron chi connectivity index (χ0n) is 14.0. The summed E-state index contributed by atoms with van der Waals surface area (Å²) in [6.45, 7) is 7.08. The molecule has 4 nitrogen and oxygen atoms in total. The maximum absolute atomic E-state index is 11.8. The standard InChI is InChI=1S/C19H24N2O2/c1-19(2,3)15-8-10-17(11-9-15)23-13-5-7-18(22)21-16-6-4-12-20-14-16/h4,6,8-12,14H,5,7,13H2,1-3H3,(H,21,22). The molecule has 0 aliphatic carbocycles. The second-order valence-corrected chi connectivity index (χ2v) is 6.52. The van der Waals surface area contributed by atoms with Gasteiger partial charge in [0.1, 0.15) is 5.75 Å². The first-order chi connectivity index (χ1) is 10.9. The Hall–Kier alpha value is -2.36. The Balaban J connectivity index is 1.70. The van der Waals surface area contributed by atoms with E-state index in [1.807, 2.05) is 18.2 Å². The molecule has 1 N–H and O–H groups in total. The lowest BCUT2D eigenvalue weighted by atomic mass is 9.87. The Morgan fingerprint density at radius 3 is 2.52 bits per heavy atom. The van der Waals surface area contributed by atoms with Crippen LogP contribution in [-0.4, -0.2) is 17.5 Å². The van der Waals surface area contributed by atoms with Crippen LogP contribution in [0.4, 0.5) is 5.69 Å². The number of pyridine rings is 1. The van der Waals surface area contributed by atoms with E-state index in [1.54, 1.807) is 18.5 Å². The molecule has 0 radical (unpaired) electrons. The predicted molar refractivity (Wildman–Crippen MR) is 92.7 cm³/mol. The van der Waals surface area contributed by atoms with Crippen molar-refractivity contribution in [3.8, 4) is 5.75 Å². The summed E-state index contributed by atoms with van der Waals surface area (Å²) in [6.07, 6.45) is 4.40. The van der Waals surface area contributed by atoms with Crippen molar-refractivity contribution >= 4 is 11.6 Å². The number of carbonyl (C=O) groups is 1. The third kappa shape index (κ3) is 5.74. The Morgan fingerprint density at radius 1 is 1.17 bits per heavy atom. The first-order valence-electron chi connectivity index (χ1n) is 7.88. The summed E-state index contributed by atoms with van der Waals surface area (Å²) in [5.41, 5.74) is 2.14. The molecule has 0 saturated heterocycles. The van der Waals surface area contributed by atoms with Crippen molar-refractivity contribution in [2.24, 2.45) is 0 Å². The van der Waals surface area contributed by atoms with Crippen molar-refractivity contribution in [3.63, 3.8) is 0 Å². The van der Waals surface area contributed by atoms with Gasteiger partial charge in [-0.25, -0.2) is 0 Å². The molecule has 0 aliphatic rings. The van der Waals surface area contributed by atoms with Crippen molar-refractivity contribution < 1.29 is 9.53 Å². The third-order valence-electron chi connectivity index (χ3n) is 3.48. The van der Waals surface area contributed by atoms with Crippen LogP contribution in [0.1, 0.15) is 39.2 Å². The monoisotopic (exact) mass is 312 g/mol. The molecule has 1 aromatic heterocycles. The maximum Gasteiger partial charge on any atom is 0.224 e. The van der Waals surface area contributed by atoms with Crippen LogP contribution in [-0.2, 0) is 10.2 Å². The van der Waals surface area contributed by atoms with Crippen LogP contribution in [0.2, 0.25) is 0 Å². The lowest BCUT2D eigenvalue weighted by Crippen LogP contribution is -2.13. The smallest absolute Gasteiger partial charge is 0.224 e. The fraction of sp³-hybridized carbons (Fsp3) is 0.368. The van der Waals surface area contributed by atoms with Gasteiger partial charge in [0.2, 0.25) is 5.91 Å². The minimum atomic E-state index is -0.0234. The lowest BCUT2D eigenvalue weighted by Gasteiger charge is -2.19. The summed E-state index contributed by atoms with van der Waals surface area (Å²) in [7, 11) is 0. The molecule has 1 aromatic carbocycles. The number of nitrogens with one attached hydrogen (secondary N) is 1. The van der Waals surface area contributed by atoms with Crippen LogP contribution in [0.3, 0.4) is 0 Å². The average molecular weight is 312 g/mol. The van der Waals surface area contributed by atoms with Crippen molar-refractivity contribution in [2.75, 3.05) is 11.9 Å². The first-order valence-corrected chi connectivity index (χ1v) is 7.88. The normalized spacial score (nSPS) is 11.1. The van der Waals surface area contributed by atoms with Gasteiger partial charge in [0, 0.05) is 12.6 Å². The SMILES string of the molecule is CC(C)(C)c1ccc(OCCCC(=O)Nc2cccnc2)cc1. The van der Waals surface area contributed by atoms with Crippen molar-refractivity contribution in [1.29, 1.82) is 0 Å². The summed E-state index contributed by atoms with van der Waals surface area (Å²) in [5.74, 6) is 0.815. The van der Waals surface area contributed by atoms with E-state index in [9.17, 15) is 4.79 Å². The van der Waals surface area contributed by atoms with Crippen molar-refractivity contribution in [1.82, 2.24) is 4.98 Å². The Kier molecular flexibility index (Phi) is 5.74. The van der Waals surface area contributed by atoms with Crippen LogP contribution in [0.5, 0.6) is 5.75 Å². The molecule has 0 atom stereocenters. The highest BCUT2D eigenvalue weighted by Gasteiger charge is 2.12. The average Bonchev–Trinajstić information content (AvgIpc) is 2.52. The zero-order chi connectivity index (χ0) is 16.7. The van der Waals surface area contributed by atoms with Crippen LogP contribution < -0.4 is 10.1 Å². The first kappa shape index (κ1) is 17.0. The Labute approximate surface area is 137 Å². The highest BCUT2D eigenvalue weighted by atomic mass is 16.5.